The predicted octanol–water partition coefficient (Wildman–Crippen LogP) is 2.63. The Bertz CT molecular complexity index is 1180. The van der Waals surface area contributed by atoms with Gasteiger partial charge in [0, 0.05) is 36.6 Å². The van der Waals surface area contributed by atoms with E-state index in [0.29, 0.717) is 47.0 Å². The summed E-state index contributed by atoms with van der Waals surface area (Å²) in [5.41, 5.74) is 9.42. The summed E-state index contributed by atoms with van der Waals surface area (Å²) >= 11 is 0. The molecule has 0 aliphatic rings. The molecule has 0 atom stereocenters. The van der Waals surface area contributed by atoms with Crippen LogP contribution in [0.5, 0.6) is 11.5 Å². The number of benzene rings is 1. The minimum atomic E-state index is -0.231. The van der Waals surface area contributed by atoms with Crippen molar-refractivity contribution in [2.75, 3.05) is 26.5 Å². The molecule has 5 N–H and O–H groups in total. The third kappa shape index (κ3) is 4.08. The highest BCUT2D eigenvalue weighted by atomic mass is 16.5. The SMILES string of the molecule is COc1ccc(-c2c(N)noc2-c2c[nH]c(C(=O)NCCc3cnc[nH]3)c2)cc1OC. The van der Waals surface area contributed by atoms with E-state index in [1.54, 1.807) is 51.1 Å². The van der Waals surface area contributed by atoms with Crippen LogP contribution in [0.2, 0.25) is 0 Å². The summed E-state index contributed by atoms with van der Waals surface area (Å²) in [6.45, 7) is 0.474. The number of nitrogens with one attached hydrogen (secondary N) is 3. The molecule has 0 aliphatic heterocycles. The van der Waals surface area contributed by atoms with Gasteiger partial charge < -0.3 is 35.0 Å². The molecule has 1 aromatic carbocycles. The lowest BCUT2D eigenvalue weighted by molar-refractivity contribution is 0.0949. The van der Waals surface area contributed by atoms with Crippen LogP contribution in [-0.2, 0) is 6.42 Å². The fourth-order valence-electron chi connectivity index (χ4n) is 3.25. The Hall–Kier alpha value is -4.21. The number of aromatic amines is 2. The molecule has 0 bridgehead atoms. The molecule has 31 heavy (non-hydrogen) atoms. The number of carbonyl (C=O) groups excluding carboxylic acids is 1. The molecule has 3 heterocycles. The van der Waals surface area contributed by atoms with Crippen molar-refractivity contribution in [1.82, 2.24) is 25.4 Å². The van der Waals surface area contributed by atoms with Gasteiger partial charge in [-0.05, 0) is 23.8 Å². The van der Waals surface area contributed by atoms with E-state index in [9.17, 15) is 4.79 Å². The van der Waals surface area contributed by atoms with Crippen molar-refractivity contribution in [3.05, 3.63) is 54.4 Å². The van der Waals surface area contributed by atoms with Gasteiger partial charge >= 0.3 is 0 Å². The number of ether oxygens (including phenoxy) is 2. The van der Waals surface area contributed by atoms with Gasteiger partial charge in [0.05, 0.1) is 26.1 Å². The summed E-state index contributed by atoms with van der Waals surface area (Å²) in [7, 11) is 3.13. The third-order valence-corrected chi connectivity index (χ3v) is 4.82. The molecule has 0 spiro atoms. The van der Waals surface area contributed by atoms with E-state index in [4.69, 9.17) is 19.7 Å². The van der Waals surface area contributed by atoms with Gasteiger partial charge in [-0.25, -0.2) is 4.98 Å². The highest BCUT2D eigenvalue weighted by Crippen LogP contribution is 2.40. The molecule has 4 aromatic rings. The number of nitrogens with two attached hydrogens (primary N) is 1. The van der Waals surface area contributed by atoms with Crippen molar-refractivity contribution < 1.29 is 18.8 Å². The second-order valence-electron chi connectivity index (χ2n) is 6.73. The van der Waals surface area contributed by atoms with E-state index >= 15 is 0 Å². The maximum absolute atomic E-state index is 12.5. The van der Waals surface area contributed by atoms with Gasteiger partial charge in [-0.15, -0.1) is 0 Å². The number of hydrogen-bond donors (Lipinski definition) is 4. The van der Waals surface area contributed by atoms with Crippen molar-refractivity contribution in [2.45, 2.75) is 6.42 Å². The first kappa shape index (κ1) is 20.1. The highest BCUT2D eigenvalue weighted by Gasteiger charge is 2.21. The Morgan fingerprint density at radius 3 is 2.74 bits per heavy atom. The zero-order chi connectivity index (χ0) is 21.8. The van der Waals surface area contributed by atoms with Crippen LogP contribution in [0.3, 0.4) is 0 Å². The third-order valence-electron chi connectivity index (χ3n) is 4.82. The molecule has 0 unspecified atom stereocenters. The average molecular weight is 422 g/mol. The van der Waals surface area contributed by atoms with Crippen LogP contribution in [0.25, 0.3) is 22.5 Å². The number of imidazole rings is 1. The number of nitrogens with zero attached hydrogens (tertiary/aromatic N) is 2. The number of carbonyl (C=O) groups is 1. The fourth-order valence-corrected chi connectivity index (χ4v) is 3.25. The van der Waals surface area contributed by atoms with E-state index in [-0.39, 0.29) is 11.7 Å². The molecule has 1 amide bonds. The standard InChI is InChI=1S/C21H22N6O4/c1-29-16-4-3-12(8-17(16)30-2)18-19(31-27-20(18)22)13-7-15(25-9-13)21(28)24-6-5-14-10-23-11-26-14/h3-4,7-11,25H,5-6H2,1-2H3,(H2,22,27)(H,23,26)(H,24,28). The van der Waals surface area contributed by atoms with Crippen LogP contribution in [0.1, 0.15) is 16.2 Å². The molecular formula is C21H22N6O4. The summed E-state index contributed by atoms with van der Waals surface area (Å²) in [5.74, 6) is 1.59. The molecule has 0 saturated carbocycles. The molecule has 0 radical (unpaired) electrons. The smallest absolute Gasteiger partial charge is 0.267 e. The van der Waals surface area contributed by atoms with Crippen LogP contribution >= 0.6 is 0 Å². The second kappa shape index (κ2) is 8.66. The number of aromatic nitrogens is 4. The van der Waals surface area contributed by atoms with Crippen molar-refractivity contribution in [3.63, 3.8) is 0 Å². The van der Waals surface area contributed by atoms with Crippen LogP contribution in [0.15, 0.2) is 47.5 Å². The topological polar surface area (TPSA) is 144 Å². The van der Waals surface area contributed by atoms with Gasteiger partial charge in [0.2, 0.25) is 0 Å². The molecular weight excluding hydrogens is 400 g/mol. The molecule has 0 saturated heterocycles. The zero-order valence-corrected chi connectivity index (χ0v) is 17.1. The van der Waals surface area contributed by atoms with Crippen molar-refractivity contribution in [2.24, 2.45) is 0 Å². The number of H-pyrrole nitrogens is 2. The average Bonchev–Trinajstić information content (AvgIpc) is 3.54. The normalized spacial score (nSPS) is 10.8. The quantitative estimate of drug-likeness (QED) is 0.342. The molecule has 4 rings (SSSR count). The number of amides is 1. The second-order valence-corrected chi connectivity index (χ2v) is 6.73. The Labute approximate surface area is 177 Å². The van der Waals surface area contributed by atoms with Gasteiger partial charge in [-0.2, -0.15) is 0 Å². The number of nitrogen functional groups attached to an aromatic ring is 1. The summed E-state index contributed by atoms with van der Waals surface area (Å²) in [4.78, 5) is 22.4. The molecule has 10 nitrogen and oxygen atoms in total. The van der Waals surface area contributed by atoms with Gasteiger partial charge in [-0.3, -0.25) is 4.79 Å². The zero-order valence-electron chi connectivity index (χ0n) is 17.1. The maximum Gasteiger partial charge on any atom is 0.267 e. The van der Waals surface area contributed by atoms with Gasteiger partial charge in [-0.1, -0.05) is 11.2 Å². The Morgan fingerprint density at radius 1 is 1.16 bits per heavy atom. The van der Waals surface area contributed by atoms with E-state index in [2.05, 4.69) is 25.4 Å². The lowest BCUT2D eigenvalue weighted by Crippen LogP contribution is -2.25. The summed E-state index contributed by atoms with van der Waals surface area (Å²) in [5, 5.41) is 6.77. The Morgan fingerprint density at radius 2 is 2.00 bits per heavy atom. The van der Waals surface area contributed by atoms with Crippen molar-refractivity contribution in [3.8, 4) is 33.9 Å². The van der Waals surface area contributed by atoms with Crippen molar-refractivity contribution >= 4 is 11.7 Å². The minimum Gasteiger partial charge on any atom is -0.493 e. The monoisotopic (exact) mass is 422 g/mol. The van der Waals surface area contributed by atoms with Gasteiger partial charge in [0.25, 0.3) is 5.91 Å². The number of hydrogen-bond acceptors (Lipinski definition) is 7. The van der Waals surface area contributed by atoms with Gasteiger partial charge in [0.15, 0.2) is 23.1 Å². The lowest BCUT2D eigenvalue weighted by atomic mass is 10.0. The lowest BCUT2D eigenvalue weighted by Gasteiger charge is -2.09. The summed E-state index contributed by atoms with van der Waals surface area (Å²) in [6.07, 6.45) is 5.66. The first-order valence-electron chi connectivity index (χ1n) is 9.52. The molecule has 3 aromatic heterocycles. The van der Waals surface area contributed by atoms with E-state index in [0.717, 1.165) is 11.3 Å². The molecule has 160 valence electrons. The predicted molar refractivity (Wildman–Crippen MR) is 114 cm³/mol. The van der Waals surface area contributed by atoms with Crippen LogP contribution in [0, 0.1) is 0 Å². The highest BCUT2D eigenvalue weighted by molar-refractivity contribution is 5.95. The molecule has 0 fully saturated rings. The van der Waals surface area contributed by atoms with Gasteiger partial charge in [0.1, 0.15) is 5.69 Å². The number of anilines is 1. The minimum absolute atomic E-state index is 0.231. The van der Waals surface area contributed by atoms with E-state index in [1.165, 1.54) is 0 Å². The largest absolute Gasteiger partial charge is 0.493 e. The fraction of sp³-hybridized carbons (Fsp3) is 0.190. The van der Waals surface area contributed by atoms with E-state index < -0.39 is 0 Å². The van der Waals surface area contributed by atoms with Crippen molar-refractivity contribution in [1.29, 1.82) is 0 Å². The number of methoxy groups -OCH3 is 2. The summed E-state index contributed by atoms with van der Waals surface area (Å²) in [6, 6.07) is 7.10. The van der Waals surface area contributed by atoms with E-state index in [1.807, 2.05) is 6.07 Å². The van der Waals surface area contributed by atoms with Crippen LogP contribution < -0.4 is 20.5 Å². The summed E-state index contributed by atoms with van der Waals surface area (Å²) < 4.78 is 16.1. The Balaban J connectivity index is 1.55. The van der Waals surface area contributed by atoms with Crippen LogP contribution in [-0.4, -0.2) is 46.8 Å². The first-order chi connectivity index (χ1) is 15.1. The number of rotatable bonds is 8. The Kier molecular flexibility index (Phi) is 5.61. The van der Waals surface area contributed by atoms with Crippen LogP contribution in [0.4, 0.5) is 5.82 Å². The molecule has 0 aliphatic carbocycles. The maximum atomic E-state index is 12.5. The molecule has 10 heteroatoms. The first-order valence-corrected chi connectivity index (χ1v) is 9.52.